The number of hydrogen-bond donors (Lipinski definition) is 1. The van der Waals surface area contributed by atoms with Crippen LogP contribution in [0.2, 0.25) is 0 Å². The fourth-order valence-corrected chi connectivity index (χ4v) is 3.88. The summed E-state index contributed by atoms with van der Waals surface area (Å²) in [5, 5.41) is 10.5. The number of methoxy groups -OCH3 is 1. The number of nitrogens with zero attached hydrogens (tertiary/aromatic N) is 1. The maximum Gasteiger partial charge on any atom is 0.410 e. The minimum Gasteiger partial charge on any atom is -0.489 e. The summed E-state index contributed by atoms with van der Waals surface area (Å²) in [5.74, 6) is 2.16. The molecule has 172 valence electrons. The van der Waals surface area contributed by atoms with E-state index in [0.717, 1.165) is 28.2 Å². The van der Waals surface area contributed by atoms with Crippen LogP contribution in [-0.4, -0.2) is 48.4 Å². The Bertz CT molecular complexity index is 985. The van der Waals surface area contributed by atoms with Crippen LogP contribution >= 0.6 is 0 Å². The van der Waals surface area contributed by atoms with Gasteiger partial charge in [-0.3, -0.25) is 4.90 Å². The molecule has 2 aromatic carbocycles. The fraction of sp³-hybridized carbons (Fsp3) is 0.458. The lowest BCUT2D eigenvalue weighted by Crippen LogP contribution is -2.47. The van der Waals surface area contributed by atoms with Crippen LogP contribution < -0.4 is 14.2 Å². The average Bonchev–Trinajstić information content (AvgIpc) is 3.22. The quantitative estimate of drug-likeness (QED) is 0.704. The van der Waals surface area contributed by atoms with Crippen LogP contribution in [0, 0.1) is 0 Å². The number of carbonyl (C=O) groups excluding carboxylic acids is 1. The van der Waals surface area contributed by atoms with Gasteiger partial charge in [-0.2, -0.15) is 0 Å². The number of ether oxygens (including phenoxy) is 5. The molecule has 8 heteroatoms. The van der Waals surface area contributed by atoms with Gasteiger partial charge in [-0.15, -0.1) is 0 Å². The van der Waals surface area contributed by atoms with Crippen molar-refractivity contribution in [2.24, 2.45) is 0 Å². The van der Waals surface area contributed by atoms with Gasteiger partial charge in [0.1, 0.15) is 24.0 Å². The molecule has 0 unspecified atom stereocenters. The molecule has 32 heavy (non-hydrogen) atoms. The molecule has 0 spiro atoms. The SMILES string of the molecule is CO[C@H](O)[C@H]1c2ccc(OCc3ccc4c(c3)OCO4)cc2CCN1C(=O)OC(C)(C)C. The molecule has 2 atom stereocenters. The molecule has 0 saturated heterocycles. The van der Waals surface area contributed by atoms with E-state index in [1.165, 1.54) is 12.0 Å². The van der Waals surface area contributed by atoms with Gasteiger partial charge in [-0.05, 0) is 68.1 Å². The summed E-state index contributed by atoms with van der Waals surface area (Å²) in [5.41, 5.74) is 2.14. The lowest BCUT2D eigenvalue weighted by molar-refractivity contribution is -0.128. The third-order valence-corrected chi connectivity index (χ3v) is 5.37. The first kappa shape index (κ1) is 22.2. The third kappa shape index (κ3) is 4.76. The second-order valence-electron chi connectivity index (χ2n) is 8.83. The summed E-state index contributed by atoms with van der Waals surface area (Å²) >= 11 is 0. The van der Waals surface area contributed by atoms with Crippen LogP contribution in [0.3, 0.4) is 0 Å². The first-order chi connectivity index (χ1) is 15.2. The van der Waals surface area contributed by atoms with Crippen LogP contribution in [0.1, 0.15) is 43.5 Å². The molecule has 0 radical (unpaired) electrons. The number of amides is 1. The molecule has 0 bridgehead atoms. The van der Waals surface area contributed by atoms with E-state index in [9.17, 15) is 9.90 Å². The summed E-state index contributed by atoms with van der Waals surface area (Å²) in [6.45, 7) is 6.46. The molecule has 0 fully saturated rings. The highest BCUT2D eigenvalue weighted by atomic mass is 16.7. The Morgan fingerprint density at radius 3 is 2.72 bits per heavy atom. The zero-order valence-corrected chi connectivity index (χ0v) is 18.8. The van der Waals surface area contributed by atoms with E-state index < -0.39 is 24.0 Å². The summed E-state index contributed by atoms with van der Waals surface area (Å²) in [7, 11) is 1.41. The van der Waals surface area contributed by atoms with Gasteiger partial charge in [0, 0.05) is 13.7 Å². The number of rotatable bonds is 5. The molecule has 8 nitrogen and oxygen atoms in total. The van der Waals surface area contributed by atoms with Crippen molar-refractivity contribution in [3.05, 3.63) is 53.1 Å². The molecule has 2 aromatic rings. The van der Waals surface area contributed by atoms with Crippen molar-refractivity contribution in [1.82, 2.24) is 4.90 Å². The van der Waals surface area contributed by atoms with Crippen molar-refractivity contribution in [2.45, 2.75) is 51.7 Å². The highest BCUT2D eigenvalue weighted by molar-refractivity contribution is 5.69. The highest BCUT2D eigenvalue weighted by Gasteiger charge is 2.38. The number of hydrogen-bond acceptors (Lipinski definition) is 7. The lowest BCUT2D eigenvalue weighted by Gasteiger charge is -2.39. The number of benzene rings is 2. The number of carbonyl (C=O) groups is 1. The predicted octanol–water partition coefficient (Wildman–Crippen LogP) is 3.79. The molecule has 0 saturated carbocycles. The van der Waals surface area contributed by atoms with E-state index in [0.29, 0.717) is 25.3 Å². The monoisotopic (exact) mass is 443 g/mol. The largest absolute Gasteiger partial charge is 0.489 e. The van der Waals surface area contributed by atoms with Gasteiger partial charge in [0.2, 0.25) is 6.79 Å². The van der Waals surface area contributed by atoms with Crippen LogP contribution in [0.5, 0.6) is 17.2 Å². The predicted molar refractivity (Wildman–Crippen MR) is 116 cm³/mol. The molecule has 0 aromatic heterocycles. The van der Waals surface area contributed by atoms with Gasteiger partial charge in [0.15, 0.2) is 17.8 Å². The molecule has 0 aliphatic carbocycles. The van der Waals surface area contributed by atoms with Crippen molar-refractivity contribution in [1.29, 1.82) is 0 Å². The summed E-state index contributed by atoms with van der Waals surface area (Å²) in [4.78, 5) is 14.3. The molecule has 2 aliphatic heterocycles. The minimum absolute atomic E-state index is 0.235. The first-order valence-electron chi connectivity index (χ1n) is 10.6. The van der Waals surface area contributed by atoms with E-state index in [1.807, 2.05) is 57.2 Å². The smallest absolute Gasteiger partial charge is 0.410 e. The van der Waals surface area contributed by atoms with Crippen molar-refractivity contribution in [2.75, 3.05) is 20.4 Å². The molecule has 1 amide bonds. The maximum absolute atomic E-state index is 12.8. The van der Waals surface area contributed by atoms with Gasteiger partial charge in [0.25, 0.3) is 0 Å². The lowest BCUT2D eigenvalue weighted by atomic mass is 9.92. The Kier molecular flexibility index (Phi) is 6.17. The van der Waals surface area contributed by atoms with Crippen molar-refractivity contribution in [3.8, 4) is 17.2 Å². The zero-order chi connectivity index (χ0) is 22.9. The van der Waals surface area contributed by atoms with E-state index in [-0.39, 0.29) is 6.79 Å². The number of aliphatic hydroxyl groups is 1. The maximum atomic E-state index is 12.8. The van der Waals surface area contributed by atoms with E-state index >= 15 is 0 Å². The Labute approximate surface area is 187 Å². The van der Waals surface area contributed by atoms with Gasteiger partial charge in [-0.1, -0.05) is 12.1 Å². The van der Waals surface area contributed by atoms with E-state index in [2.05, 4.69) is 0 Å². The minimum atomic E-state index is -1.18. The van der Waals surface area contributed by atoms with Gasteiger partial charge in [0.05, 0.1) is 0 Å². The van der Waals surface area contributed by atoms with Gasteiger partial charge < -0.3 is 28.8 Å². The van der Waals surface area contributed by atoms with E-state index in [4.69, 9.17) is 23.7 Å². The molecule has 4 rings (SSSR count). The molecule has 2 heterocycles. The Hall–Kier alpha value is -2.97. The Morgan fingerprint density at radius 2 is 1.97 bits per heavy atom. The Balaban J connectivity index is 1.51. The van der Waals surface area contributed by atoms with Crippen LogP contribution in [0.15, 0.2) is 36.4 Å². The normalized spacial score (nSPS) is 18.2. The van der Waals surface area contributed by atoms with Crippen LogP contribution in [0.25, 0.3) is 0 Å². The first-order valence-corrected chi connectivity index (χ1v) is 10.6. The highest BCUT2D eigenvalue weighted by Crippen LogP contribution is 2.36. The summed E-state index contributed by atoms with van der Waals surface area (Å²) < 4.78 is 27.5. The Morgan fingerprint density at radius 1 is 1.19 bits per heavy atom. The van der Waals surface area contributed by atoms with Gasteiger partial charge in [-0.25, -0.2) is 4.79 Å². The summed E-state index contributed by atoms with van der Waals surface area (Å²) in [6.07, 6.45) is -1.04. The number of fused-ring (bicyclic) bond motifs is 2. The molecular formula is C24H29NO7. The van der Waals surface area contributed by atoms with Crippen molar-refractivity contribution < 1.29 is 33.6 Å². The standard InChI is InChI=1S/C24H29NO7/c1-24(2,3)32-23(27)25-10-9-16-12-17(6-7-18(16)21(25)22(26)28-4)29-13-15-5-8-19-20(11-15)31-14-30-19/h5-8,11-12,21-22,26H,9-10,13-14H2,1-4H3/t21-,22+/m1/s1. The zero-order valence-electron chi connectivity index (χ0n) is 18.8. The van der Waals surface area contributed by atoms with E-state index in [1.54, 1.807) is 0 Å². The molecular weight excluding hydrogens is 414 g/mol. The number of aliphatic hydroxyl groups excluding tert-OH is 1. The average molecular weight is 443 g/mol. The second-order valence-corrected chi connectivity index (χ2v) is 8.83. The summed E-state index contributed by atoms with van der Waals surface area (Å²) in [6, 6.07) is 10.7. The molecule has 2 aliphatic rings. The molecule has 1 N–H and O–H groups in total. The van der Waals surface area contributed by atoms with Gasteiger partial charge >= 0.3 is 6.09 Å². The van der Waals surface area contributed by atoms with Crippen molar-refractivity contribution >= 4 is 6.09 Å². The third-order valence-electron chi connectivity index (χ3n) is 5.37. The topological polar surface area (TPSA) is 86.7 Å². The van der Waals surface area contributed by atoms with Crippen molar-refractivity contribution in [3.63, 3.8) is 0 Å². The van der Waals surface area contributed by atoms with Crippen LogP contribution in [-0.2, 0) is 22.5 Å². The van der Waals surface area contributed by atoms with Crippen LogP contribution in [0.4, 0.5) is 4.79 Å². The second kappa shape index (κ2) is 8.88. The fourth-order valence-electron chi connectivity index (χ4n) is 3.88.